The van der Waals surface area contributed by atoms with Gasteiger partial charge in [0.15, 0.2) is 0 Å². The Morgan fingerprint density at radius 2 is 1.78 bits per heavy atom. The van der Waals surface area contributed by atoms with Gasteiger partial charge in [0.1, 0.15) is 5.75 Å². The summed E-state index contributed by atoms with van der Waals surface area (Å²) in [6, 6.07) is 5.99. The minimum atomic E-state index is -5.60. The molecule has 0 aromatic heterocycles. The first-order chi connectivity index (χ1) is 10.8. The molecule has 0 saturated carbocycles. The average Bonchev–Trinajstić information content (AvgIpc) is 2.51. The fraction of sp³-hybridized carbons (Fsp3) is 0.600. The topological polar surface area (TPSA) is 55.4 Å². The molecule has 2 rings (SSSR count). The van der Waals surface area contributed by atoms with Gasteiger partial charge in [-0.3, -0.25) is 0 Å². The molecule has 1 N–H and O–H groups in total. The van der Waals surface area contributed by atoms with Crippen LogP contribution in [0.15, 0.2) is 24.3 Å². The fourth-order valence-corrected chi connectivity index (χ4v) is 2.70. The predicted molar refractivity (Wildman–Crippen MR) is 82.7 cm³/mol. The van der Waals surface area contributed by atoms with Gasteiger partial charge in [-0.15, -0.1) is 0 Å². The summed E-state index contributed by atoms with van der Waals surface area (Å²) >= 11 is 0. The maximum absolute atomic E-state index is 12.2. The summed E-state index contributed by atoms with van der Waals surface area (Å²) < 4.78 is 62.3. The zero-order valence-electron chi connectivity index (χ0n) is 13.2. The summed E-state index contributed by atoms with van der Waals surface area (Å²) in [5, 5.41) is 3.36. The number of rotatable bonds is 4. The molecule has 1 aliphatic heterocycles. The van der Waals surface area contributed by atoms with Crippen LogP contribution in [0.25, 0.3) is 0 Å². The number of piperidine rings is 1. The third-order valence-electron chi connectivity index (χ3n) is 3.31. The van der Waals surface area contributed by atoms with Crippen molar-refractivity contribution < 1.29 is 25.8 Å². The normalized spacial score (nSPS) is 18.7. The third-order valence-corrected chi connectivity index (χ3v) is 4.29. The van der Waals surface area contributed by atoms with Gasteiger partial charge in [-0.1, -0.05) is 32.4 Å². The molecule has 132 valence electrons. The van der Waals surface area contributed by atoms with Gasteiger partial charge in [-0.05, 0) is 43.5 Å². The van der Waals surface area contributed by atoms with E-state index in [2.05, 4.69) is 9.50 Å². The highest BCUT2D eigenvalue weighted by atomic mass is 32.2. The van der Waals surface area contributed by atoms with Crippen molar-refractivity contribution in [2.24, 2.45) is 0 Å². The number of nitrogens with one attached hydrogen (secondary N) is 1. The summed E-state index contributed by atoms with van der Waals surface area (Å²) in [5.74, 6) is -0.340. The second-order valence-corrected chi connectivity index (χ2v) is 6.52. The Bertz CT molecular complexity index is 565. The zero-order chi connectivity index (χ0) is 17.5. The molecule has 1 aromatic rings. The van der Waals surface area contributed by atoms with Crippen LogP contribution in [-0.2, 0) is 16.5 Å². The number of benzene rings is 1. The molecule has 1 aromatic carbocycles. The molecular weight excluding hydrogens is 331 g/mol. The Morgan fingerprint density at radius 1 is 1.17 bits per heavy atom. The van der Waals surface area contributed by atoms with Crippen LogP contribution in [0.2, 0.25) is 0 Å². The second kappa shape index (κ2) is 8.54. The molecule has 1 heterocycles. The van der Waals surface area contributed by atoms with Gasteiger partial charge in [0, 0.05) is 6.04 Å². The number of halogens is 3. The van der Waals surface area contributed by atoms with Gasteiger partial charge >= 0.3 is 15.6 Å². The summed E-state index contributed by atoms with van der Waals surface area (Å²) in [4.78, 5) is 0. The van der Waals surface area contributed by atoms with Crippen LogP contribution in [0.5, 0.6) is 5.75 Å². The lowest BCUT2D eigenvalue weighted by Gasteiger charge is -2.23. The summed E-state index contributed by atoms with van der Waals surface area (Å²) in [7, 11) is -5.60. The molecule has 0 bridgehead atoms. The summed E-state index contributed by atoms with van der Waals surface area (Å²) in [6.07, 6.45) is 4.12. The first-order valence-corrected chi connectivity index (χ1v) is 9.02. The minimum Gasteiger partial charge on any atom is -0.376 e. The lowest BCUT2D eigenvalue weighted by molar-refractivity contribution is -0.0500. The molecule has 1 fully saturated rings. The van der Waals surface area contributed by atoms with E-state index in [1.54, 1.807) is 12.1 Å². The molecule has 4 nitrogen and oxygen atoms in total. The Morgan fingerprint density at radius 3 is 2.26 bits per heavy atom. The van der Waals surface area contributed by atoms with Crippen LogP contribution in [0, 0.1) is 0 Å². The van der Waals surface area contributed by atoms with Gasteiger partial charge in [-0.2, -0.15) is 21.6 Å². The highest BCUT2D eigenvalue weighted by molar-refractivity contribution is 7.87. The minimum absolute atomic E-state index is 0.340. The van der Waals surface area contributed by atoms with Gasteiger partial charge in [-0.25, -0.2) is 0 Å². The largest absolute Gasteiger partial charge is 0.534 e. The van der Waals surface area contributed by atoms with Crippen molar-refractivity contribution in [3.8, 4) is 5.75 Å². The van der Waals surface area contributed by atoms with Crippen molar-refractivity contribution in [1.82, 2.24) is 5.32 Å². The van der Waals surface area contributed by atoms with Crippen molar-refractivity contribution in [3.05, 3.63) is 29.8 Å². The van der Waals surface area contributed by atoms with Crippen LogP contribution in [0.4, 0.5) is 13.2 Å². The van der Waals surface area contributed by atoms with Crippen LogP contribution < -0.4 is 9.50 Å². The van der Waals surface area contributed by atoms with Gasteiger partial charge in [0.2, 0.25) is 0 Å². The van der Waals surface area contributed by atoms with Gasteiger partial charge in [0.25, 0.3) is 0 Å². The van der Waals surface area contributed by atoms with E-state index < -0.39 is 15.6 Å². The van der Waals surface area contributed by atoms with E-state index in [1.165, 1.54) is 12.1 Å². The van der Waals surface area contributed by atoms with Crippen molar-refractivity contribution in [3.63, 3.8) is 0 Å². The van der Waals surface area contributed by atoms with Crippen molar-refractivity contribution >= 4 is 10.1 Å². The molecule has 0 radical (unpaired) electrons. The molecule has 23 heavy (non-hydrogen) atoms. The van der Waals surface area contributed by atoms with Crippen LogP contribution in [0.3, 0.4) is 0 Å². The number of hydrogen-bond donors (Lipinski definition) is 1. The summed E-state index contributed by atoms with van der Waals surface area (Å²) in [5.41, 5.74) is -4.50. The van der Waals surface area contributed by atoms with E-state index in [0.717, 1.165) is 37.8 Å². The van der Waals surface area contributed by atoms with E-state index in [1.807, 2.05) is 13.8 Å². The van der Waals surface area contributed by atoms with E-state index >= 15 is 0 Å². The first-order valence-electron chi connectivity index (χ1n) is 7.61. The third kappa shape index (κ3) is 6.02. The average molecular weight is 353 g/mol. The number of hydrogen-bond acceptors (Lipinski definition) is 4. The maximum Gasteiger partial charge on any atom is 0.534 e. The Labute approximate surface area is 135 Å². The van der Waals surface area contributed by atoms with Crippen LogP contribution >= 0.6 is 0 Å². The molecule has 0 aliphatic carbocycles. The van der Waals surface area contributed by atoms with E-state index in [-0.39, 0.29) is 5.75 Å². The second-order valence-electron chi connectivity index (χ2n) is 4.98. The first kappa shape index (κ1) is 19.8. The van der Waals surface area contributed by atoms with E-state index in [0.29, 0.717) is 6.04 Å². The highest BCUT2D eigenvalue weighted by Crippen LogP contribution is 2.27. The smallest absolute Gasteiger partial charge is 0.376 e. The van der Waals surface area contributed by atoms with Gasteiger partial charge < -0.3 is 9.50 Å². The van der Waals surface area contributed by atoms with Crippen molar-refractivity contribution in [1.29, 1.82) is 0 Å². The zero-order valence-corrected chi connectivity index (χ0v) is 14.0. The fourth-order valence-electron chi connectivity index (χ4n) is 2.24. The quantitative estimate of drug-likeness (QED) is 0.663. The van der Waals surface area contributed by atoms with E-state index in [4.69, 9.17) is 0 Å². The predicted octanol–water partition coefficient (Wildman–Crippen LogP) is 3.63. The van der Waals surface area contributed by atoms with Crippen LogP contribution in [0.1, 0.15) is 38.7 Å². The molecule has 1 saturated heterocycles. The molecular formula is C15H22F3NO3S. The number of alkyl halides is 3. The van der Waals surface area contributed by atoms with E-state index in [9.17, 15) is 21.6 Å². The highest BCUT2D eigenvalue weighted by Gasteiger charge is 2.48. The standard InChI is InChI=1S/C13H16F3NO3S.C2H6/c14-13(15,16)21(18,19)20-12-6-4-10(5-7-12)9-11-3-1-2-8-17-11;1-2/h4-7,11,17H,1-3,8-9H2;1-2H3. The lowest BCUT2D eigenvalue weighted by Crippen LogP contribution is -2.35. The molecule has 1 aliphatic rings. The van der Waals surface area contributed by atoms with Crippen LogP contribution in [-0.4, -0.2) is 26.5 Å². The lowest BCUT2D eigenvalue weighted by atomic mass is 9.98. The molecule has 0 spiro atoms. The molecule has 1 atom stereocenters. The molecule has 1 unspecified atom stereocenters. The molecule has 0 amide bonds. The Kier molecular flexibility index (Phi) is 7.34. The molecule has 8 heteroatoms. The Balaban J connectivity index is 0.00000127. The Hall–Kier alpha value is -1.28. The maximum atomic E-state index is 12.2. The van der Waals surface area contributed by atoms with Crippen molar-refractivity contribution in [2.75, 3.05) is 6.54 Å². The monoisotopic (exact) mass is 353 g/mol. The SMILES string of the molecule is CC.O=S(=O)(Oc1ccc(CC2CCCCN2)cc1)C(F)(F)F. The van der Waals surface area contributed by atoms with Crippen molar-refractivity contribution in [2.45, 2.75) is 51.1 Å². The summed E-state index contributed by atoms with van der Waals surface area (Å²) in [6.45, 7) is 4.97. The van der Waals surface area contributed by atoms with Gasteiger partial charge in [0.05, 0.1) is 0 Å².